The second-order valence-corrected chi connectivity index (χ2v) is 5.66. The van der Waals surface area contributed by atoms with Crippen LogP contribution in [0.1, 0.15) is 24.8 Å². The third kappa shape index (κ3) is 3.01. The van der Waals surface area contributed by atoms with Gasteiger partial charge in [-0.05, 0) is 49.4 Å². The first kappa shape index (κ1) is 12.4. The zero-order valence-corrected chi connectivity index (χ0v) is 11.7. The van der Waals surface area contributed by atoms with Crippen LogP contribution < -0.4 is 4.90 Å². The molecule has 3 heteroatoms. The van der Waals surface area contributed by atoms with Crippen molar-refractivity contribution in [3.8, 4) is 6.07 Å². The maximum absolute atomic E-state index is 8.79. The molecule has 2 rings (SSSR count). The van der Waals surface area contributed by atoms with Crippen LogP contribution in [0.25, 0.3) is 0 Å². The van der Waals surface area contributed by atoms with Crippen LogP contribution in [0.4, 0.5) is 5.69 Å². The Morgan fingerprint density at radius 3 is 3.06 bits per heavy atom. The zero-order valence-electron chi connectivity index (χ0n) is 10.1. The molecule has 1 aliphatic heterocycles. The second-order valence-electron chi connectivity index (χ2n) is 4.75. The number of halogens is 1. The Labute approximate surface area is 111 Å². The maximum atomic E-state index is 8.79. The normalized spacial score (nSPS) is 20.1. The molecule has 0 N–H and O–H groups in total. The molecule has 1 aromatic carbocycles. The van der Waals surface area contributed by atoms with E-state index in [1.165, 1.54) is 24.1 Å². The summed E-state index contributed by atoms with van der Waals surface area (Å²) in [6, 6.07) is 8.72. The molecule has 0 aliphatic carbocycles. The molecule has 0 amide bonds. The van der Waals surface area contributed by atoms with Gasteiger partial charge in [-0.3, -0.25) is 0 Å². The third-order valence-electron chi connectivity index (χ3n) is 3.40. The fourth-order valence-corrected chi connectivity index (χ4v) is 3.03. The first-order valence-electron chi connectivity index (χ1n) is 6.08. The summed E-state index contributed by atoms with van der Waals surface area (Å²) in [5, 5.41) is 8.79. The molecule has 2 nitrogen and oxygen atoms in total. The van der Waals surface area contributed by atoms with Crippen molar-refractivity contribution in [1.29, 1.82) is 5.26 Å². The number of benzene rings is 1. The highest BCUT2D eigenvalue weighted by atomic mass is 79.9. The van der Waals surface area contributed by atoms with Crippen molar-refractivity contribution in [2.24, 2.45) is 5.92 Å². The lowest BCUT2D eigenvalue weighted by Crippen LogP contribution is -2.35. The van der Waals surface area contributed by atoms with Gasteiger partial charge in [0.05, 0.1) is 6.07 Å². The zero-order chi connectivity index (χ0) is 12.3. The lowest BCUT2D eigenvalue weighted by Gasteiger charge is -2.34. The van der Waals surface area contributed by atoms with E-state index in [-0.39, 0.29) is 0 Å². The molecule has 0 saturated carbocycles. The van der Waals surface area contributed by atoms with Crippen LogP contribution in [-0.2, 0) is 0 Å². The molecule has 0 spiro atoms. The van der Waals surface area contributed by atoms with Gasteiger partial charge in [0.1, 0.15) is 0 Å². The number of hydrogen-bond acceptors (Lipinski definition) is 2. The summed E-state index contributed by atoms with van der Waals surface area (Å²) in [6.45, 7) is 4.29. The largest absolute Gasteiger partial charge is 0.371 e. The highest BCUT2D eigenvalue weighted by molar-refractivity contribution is 9.10. The van der Waals surface area contributed by atoms with E-state index in [2.05, 4.69) is 52.0 Å². The molecular formula is C14H17BrN2. The average molecular weight is 293 g/mol. The van der Waals surface area contributed by atoms with Crippen molar-refractivity contribution >= 4 is 21.6 Å². The van der Waals surface area contributed by atoms with Crippen LogP contribution in [0.2, 0.25) is 0 Å². The minimum atomic E-state index is 0.539. The number of nitriles is 1. The highest BCUT2D eigenvalue weighted by Gasteiger charge is 2.20. The van der Waals surface area contributed by atoms with Crippen LogP contribution in [0.3, 0.4) is 0 Å². The molecule has 0 radical (unpaired) electrons. The molecular weight excluding hydrogens is 276 g/mol. The monoisotopic (exact) mass is 292 g/mol. The van der Waals surface area contributed by atoms with Crippen molar-refractivity contribution in [2.75, 3.05) is 18.0 Å². The fourth-order valence-electron chi connectivity index (χ4n) is 2.55. The highest BCUT2D eigenvalue weighted by Crippen LogP contribution is 2.29. The molecule has 90 valence electrons. The van der Waals surface area contributed by atoms with Gasteiger partial charge in [0.2, 0.25) is 0 Å². The van der Waals surface area contributed by atoms with Crippen molar-refractivity contribution in [1.82, 2.24) is 0 Å². The average Bonchev–Trinajstić information content (AvgIpc) is 2.29. The lowest BCUT2D eigenvalue weighted by atomic mass is 9.94. The Morgan fingerprint density at radius 1 is 1.53 bits per heavy atom. The summed E-state index contributed by atoms with van der Waals surface area (Å²) in [7, 11) is 0. The van der Waals surface area contributed by atoms with Gasteiger partial charge >= 0.3 is 0 Å². The molecule has 0 aromatic heterocycles. The van der Waals surface area contributed by atoms with Gasteiger partial charge in [0, 0.05) is 29.7 Å². The summed E-state index contributed by atoms with van der Waals surface area (Å²) in [6.07, 6.45) is 3.08. The Morgan fingerprint density at radius 2 is 2.35 bits per heavy atom. The first-order chi connectivity index (χ1) is 8.20. The Hall–Kier alpha value is -1.01. The maximum Gasteiger partial charge on any atom is 0.0625 e. The van der Waals surface area contributed by atoms with E-state index in [9.17, 15) is 0 Å². The van der Waals surface area contributed by atoms with Gasteiger partial charge in [-0.15, -0.1) is 0 Å². The van der Waals surface area contributed by atoms with Crippen molar-refractivity contribution in [3.63, 3.8) is 0 Å². The summed E-state index contributed by atoms with van der Waals surface area (Å²) in [5.41, 5.74) is 2.62. The minimum absolute atomic E-state index is 0.539. The summed E-state index contributed by atoms with van der Waals surface area (Å²) in [4.78, 5) is 2.42. The summed E-state index contributed by atoms with van der Waals surface area (Å²) < 4.78 is 1.13. The Balaban J connectivity index is 2.14. The fraction of sp³-hybridized carbons (Fsp3) is 0.500. The topological polar surface area (TPSA) is 27.0 Å². The van der Waals surface area contributed by atoms with Crippen molar-refractivity contribution in [3.05, 3.63) is 28.2 Å². The molecule has 1 saturated heterocycles. The van der Waals surface area contributed by atoms with Crippen LogP contribution in [-0.4, -0.2) is 13.1 Å². The number of anilines is 1. The van der Waals surface area contributed by atoms with E-state index in [4.69, 9.17) is 5.26 Å². The van der Waals surface area contributed by atoms with Gasteiger partial charge in [-0.2, -0.15) is 5.26 Å². The van der Waals surface area contributed by atoms with E-state index in [1.54, 1.807) is 0 Å². The molecule has 1 aliphatic rings. The van der Waals surface area contributed by atoms with Gasteiger partial charge in [0.15, 0.2) is 0 Å². The molecule has 1 aromatic rings. The van der Waals surface area contributed by atoms with Gasteiger partial charge < -0.3 is 4.90 Å². The third-order valence-corrected chi connectivity index (χ3v) is 3.89. The lowest BCUT2D eigenvalue weighted by molar-refractivity contribution is 0.421. The number of hydrogen-bond donors (Lipinski definition) is 0. The molecule has 1 fully saturated rings. The van der Waals surface area contributed by atoms with E-state index in [0.717, 1.165) is 17.6 Å². The second kappa shape index (κ2) is 5.55. The van der Waals surface area contributed by atoms with Crippen molar-refractivity contribution < 1.29 is 0 Å². The van der Waals surface area contributed by atoms with Gasteiger partial charge in [-0.25, -0.2) is 0 Å². The SMILES string of the molecule is Cc1cc(Br)ccc1N1CCCC(CC#N)C1. The van der Waals surface area contributed by atoms with Crippen LogP contribution in [0, 0.1) is 24.2 Å². The van der Waals surface area contributed by atoms with E-state index in [1.807, 2.05) is 0 Å². The van der Waals surface area contributed by atoms with E-state index in [0.29, 0.717) is 12.3 Å². The standard InChI is InChI=1S/C14H17BrN2/c1-11-9-13(15)4-5-14(11)17-8-2-3-12(10-17)6-7-16/h4-5,9,12H,2-3,6,8,10H2,1H3. The number of nitrogens with zero attached hydrogens (tertiary/aromatic N) is 2. The van der Waals surface area contributed by atoms with Crippen LogP contribution in [0.15, 0.2) is 22.7 Å². The quantitative estimate of drug-likeness (QED) is 0.827. The Kier molecular flexibility index (Phi) is 4.06. The minimum Gasteiger partial charge on any atom is -0.371 e. The summed E-state index contributed by atoms with van der Waals surface area (Å²) in [5.74, 6) is 0.539. The predicted octanol–water partition coefficient (Wildman–Crippen LogP) is 3.89. The van der Waals surface area contributed by atoms with Crippen LogP contribution in [0.5, 0.6) is 0 Å². The van der Waals surface area contributed by atoms with Gasteiger partial charge in [-0.1, -0.05) is 15.9 Å². The number of rotatable bonds is 2. The molecule has 1 heterocycles. The molecule has 1 unspecified atom stereocenters. The first-order valence-corrected chi connectivity index (χ1v) is 6.88. The summed E-state index contributed by atoms with van der Waals surface area (Å²) >= 11 is 3.50. The molecule has 17 heavy (non-hydrogen) atoms. The van der Waals surface area contributed by atoms with Crippen LogP contribution >= 0.6 is 15.9 Å². The Bertz CT molecular complexity index is 436. The van der Waals surface area contributed by atoms with Crippen molar-refractivity contribution in [2.45, 2.75) is 26.2 Å². The van der Waals surface area contributed by atoms with E-state index < -0.39 is 0 Å². The molecule has 0 bridgehead atoms. The predicted molar refractivity (Wildman–Crippen MR) is 74.0 cm³/mol. The number of aryl methyl sites for hydroxylation is 1. The van der Waals surface area contributed by atoms with E-state index >= 15 is 0 Å². The number of piperidine rings is 1. The smallest absolute Gasteiger partial charge is 0.0625 e. The molecule has 1 atom stereocenters. The van der Waals surface area contributed by atoms with Gasteiger partial charge in [0.25, 0.3) is 0 Å².